The lowest BCUT2D eigenvalue weighted by Gasteiger charge is -2.24. The van der Waals surface area contributed by atoms with E-state index in [0.29, 0.717) is 6.61 Å². The van der Waals surface area contributed by atoms with Gasteiger partial charge in [-0.3, -0.25) is 0 Å². The van der Waals surface area contributed by atoms with Crippen molar-refractivity contribution in [3.8, 4) is 17.6 Å². The van der Waals surface area contributed by atoms with Crippen LogP contribution in [0.2, 0.25) is 0 Å². The summed E-state index contributed by atoms with van der Waals surface area (Å²) in [6, 6.07) is 5.91. The molecule has 1 aliphatic heterocycles. The summed E-state index contributed by atoms with van der Waals surface area (Å²) in [6.07, 6.45) is 2.16. The lowest BCUT2D eigenvalue weighted by Crippen LogP contribution is -2.28. The Bertz CT molecular complexity index is 451. The van der Waals surface area contributed by atoms with Crippen molar-refractivity contribution in [3.05, 3.63) is 29.3 Å². The Kier molecular flexibility index (Phi) is 4.63. The molecular weight excluding hydrogens is 228 g/mol. The zero-order valence-electron chi connectivity index (χ0n) is 10.6. The molecule has 1 fully saturated rings. The molecule has 0 spiro atoms. The van der Waals surface area contributed by atoms with Gasteiger partial charge in [-0.15, -0.1) is 0 Å². The van der Waals surface area contributed by atoms with Crippen molar-refractivity contribution in [1.29, 1.82) is 0 Å². The first kappa shape index (κ1) is 12.9. The van der Waals surface area contributed by atoms with E-state index in [9.17, 15) is 0 Å². The van der Waals surface area contributed by atoms with Gasteiger partial charge < -0.3 is 14.6 Å². The Labute approximate surface area is 108 Å². The van der Waals surface area contributed by atoms with Crippen LogP contribution in [0.3, 0.4) is 0 Å². The maximum absolute atomic E-state index is 8.77. The van der Waals surface area contributed by atoms with Crippen LogP contribution in [0.5, 0.6) is 5.75 Å². The number of aliphatic hydroxyl groups is 1. The highest BCUT2D eigenvalue weighted by atomic mass is 16.5. The van der Waals surface area contributed by atoms with Crippen LogP contribution in [-0.2, 0) is 4.74 Å². The quantitative estimate of drug-likeness (QED) is 0.810. The van der Waals surface area contributed by atoms with Gasteiger partial charge >= 0.3 is 0 Å². The van der Waals surface area contributed by atoms with Crippen LogP contribution >= 0.6 is 0 Å². The maximum atomic E-state index is 8.77. The average Bonchev–Trinajstić information content (AvgIpc) is 2.40. The predicted octanol–water partition coefficient (Wildman–Crippen LogP) is 1.90. The highest BCUT2D eigenvalue weighted by Gasteiger charge is 2.16. The smallest absolute Gasteiger partial charge is 0.135 e. The number of aliphatic hydroxyl groups excluding tert-OH is 1. The van der Waals surface area contributed by atoms with Crippen molar-refractivity contribution in [3.63, 3.8) is 0 Å². The van der Waals surface area contributed by atoms with Gasteiger partial charge in [0.15, 0.2) is 0 Å². The molecule has 1 aromatic carbocycles. The Morgan fingerprint density at radius 2 is 2.39 bits per heavy atom. The summed E-state index contributed by atoms with van der Waals surface area (Å²) < 4.78 is 11.3. The van der Waals surface area contributed by atoms with E-state index in [1.54, 1.807) is 0 Å². The fraction of sp³-hybridized carbons (Fsp3) is 0.467. The summed E-state index contributed by atoms with van der Waals surface area (Å²) in [5.74, 6) is 6.37. The molecule has 3 nitrogen and oxygen atoms in total. The molecule has 3 heteroatoms. The van der Waals surface area contributed by atoms with Crippen molar-refractivity contribution < 1.29 is 14.6 Å². The summed E-state index contributed by atoms with van der Waals surface area (Å²) in [7, 11) is 0. The molecule has 0 aliphatic carbocycles. The molecule has 0 amide bonds. The molecular formula is C15H18O3. The summed E-state index contributed by atoms with van der Waals surface area (Å²) in [5.41, 5.74) is 1.96. The zero-order valence-corrected chi connectivity index (χ0v) is 10.6. The minimum absolute atomic E-state index is 0.108. The minimum atomic E-state index is -0.139. The molecule has 1 saturated heterocycles. The molecule has 1 atom stereocenters. The van der Waals surface area contributed by atoms with Gasteiger partial charge in [0.25, 0.3) is 0 Å². The second kappa shape index (κ2) is 6.44. The van der Waals surface area contributed by atoms with E-state index in [0.717, 1.165) is 36.3 Å². The third-order valence-electron chi connectivity index (χ3n) is 2.85. The molecule has 2 rings (SSSR count). The normalized spacial score (nSPS) is 18.9. The van der Waals surface area contributed by atoms with E-state index in [4.69, 9.17) is 14.6 Å². The molecule has 0 aromatic heterocycles. The van der Waals surface area contributed by atoms with Crippen LogP contribution in [0, 0.1) is 18.8 Å². The van der Waals surface area contributed by atoms with E-state index in [2.05, 4.69) is 11.8 Å². The molecule has 96 valence electrons. The Balaban J connectivity index is 2.15. The van der Waals surface area contributed by atoms with Crippen molar-refractivity contribution in [2.45, 2.75) is 25.9 Å². The van der Waals surface area contributed by atoms with Crippen LogP contribution in [0.25, 0.3) is 0 Å². The van der Waals surface area contributed by atoms with Gasteiger partial charge in [-0.05, 0) is 37.5 Å². The van der Waals surface area contributed by atoms with Gasteiger partial charge in [0.05, 0.1) is 12.2 Å². The summed E-state index contributed by atoms with van der Waals surface area (Å²) >= 11 is 0. The highest BCUT2D eigenvalue weighted by Crippen LogP contribution is 2.22. The Hall–Kier alpha value is -1.50. The van der Waals surface area contributed by atoms with Crippen molar-refractivity contribution in [1.82, 2.24) is 0 Å². The number of hydrogen-bond donors (Lipinski definition) is 1. The zero-order chi connectivity index (χ0) is 12.8. The maximum Gasteiger partial charge on any atom is 0.135 e. The minimum Gasteiger partial charge on any atom is -0.487 e. The number of ether oxygens (including phenoxy) is 2. The Morgan fingerprint density at radius 3 is 3.11 bits per heavy atom. The Morgan fingerprint density at radius 1 is 1.50 bits per heavy atom. The van der Waals surface area contributed by atoms with Gasteiger partial charge in [0.1, 0.15) is 18.5 Å². The molecule has 18 heavy (non-hydrogen) atoms. The van der Waals surface area contributed by atoms with Gasteiger partial charge in [0.2, 0.25) is 0 Å². The molecule has 0 saturated carbocycles. The number of hydrogen-bond acceptors (Lipinski definition) is 3. The largest absolute Gasteiger partial charge is 0.487 e. The molecule has 0 bridgehead atoms. The lowest BCUT2D eigenvalue weighted by atomic mass is 10.1. The van der Waals surface area contributed by atoms with Crippen LogP contribution in [-0.4, -0.2) is 31.0 Å². The summed E-state index contributed by atoms with van der Waals surface area (Å²) in [5, 5.41) is 8.77. The monoisotopic (exact) mass is 246 g/mol. The average molecular weight is 246 g/mol. The molecule has 1 aliphatic rings. The third kappa shape index (κ3) is 3.49. The molecule has 1 heterocycles. The number of rotatable bonds is 2. The first-order valence-electron chi connectivity index (χ1n) is 6.24. The van der Waals surface area contributed by atoms with Crippen molar-refractivity contribution in [2.75, 3.05) is 19.8 Å². The van der Waals surface area contributed by atoms with E-state index in [1.807, 2.05) is 25.1 Å². The SMILES string of the molecule is Cc1ccc(OC2CCCOC2)c(C#CCO)c1. The van der Waals surface area contributed by atoms with Crippen molar-refractivity contribution in [2.24, 2.45) is 0 Å². The molecule has 0 radical (unpaired) electrons. The summed E-state index contributed by atoms with van der Waals surface area (Å²) in [6.45, 7) is 3.34. The number of aryl methyl sites for hydroxylation is 1. The van der Waals surface area contributed by atoms with E-state index in [-0.39, 0.29) is 12.7 Å². The van der Waals surface area contributed by atoms with Gasteiger partial charge in [0, 0.05) is 6.61 Å². The fourth-order valence-electron chi connectivity index (χ4n) is 1.96. The van der Waals surface area contributed by atoms with Crippen LogP contribution in [0.15, 0.2) is 18.2 Å². The van der Waals surface area contributed by atoms with E-state index >= 15 is 0 Å². The lowest BCUT2D eigenvalue weighted by molar-refractivity contribution is 0.00731. The first-order chi connectivity index (χ1) is 8.79. The van der Waals surface area contributed by atoms with Gasteiger partial charge in [-0.1, -0.05) is 17.9 Å². The standard InChI is InChI=1S/C15H18O3/c1-12-6-7-15(13(10-12)4-2-8-16)18-14-5-3-9-17-11-14/h6-7,10,14,16H,3,5,8-9,11H2,1H3. The summed E-state index contributed by atoms with van der Waals surface area (Å²) in [4.78, 5) is 0. The van der Waals surface area contributed by atoms with E-state index < -0.39 is 0 Å². The molecule has 1 N–H and O–H groups in total. The van der Waals surface area contributed by atoms with Gasteiger partial charge in [-0.25, -0.2) is 0 Å². The predicted molar refractivity (Wildman–Crippen MR) is 69.6 cm³/mol. The first-order valence-corrected chi connectivity index (χ1v) is 6.24. The van der Waals surface area contributed by atoms with Crippen LogP contribution < -0.4 is 4.74 Å². The highest BCUT2D eigenvalue weighted by molar-refractivity contribution is 5.48. The van der Waals surface area contributed by atoms with E-state index in [1.165, 1.54) is 0 Å². The second-order valence-electron chi connectivity index (χ2n) is 4.42. The molecule has 1 unspecified atom stereocenters. The number of benzene rings is 1. The molecule has 1 aromatic rings. The van der Waals surface area contributed by atoms with Crippen LogP contribution in [0.4, 0.5) is 0 Å². The fourth-order valence-corrected chi connectivity index (χ4v) is 1.96. The second-order valence-corrected chi connectivity index (χ2v) is 4.42. The topological polar surface area (TPSA) is 38.7 Å². The van der Waals surface area contributed by atoms with Crippen molar-refractivity contribution >= 4 is 0 Å². The van der Waals surface area contributed by atoms with Gasteiger partial charge in [-0.2, -0.15) is 0 Å². The van der Waals surface area contributed by atoms with Crippen LogP contribution in [0.1, 0.15) is 24.0 Å². The third-order valence-corrected chi connectivity index (χ3v) is 2.85.